The minimum absolute atomic E-state index is 0. The van der Waals surface area contributed by atoms with Crippen LogP contribution in [0.3, 0.4) is 0 Å². The summed E-state index contributed by atoms with van der Waals surface area (Å²) in [4.78, 5) is 28.8. The second-order valence-corrected chi connectivity index (χ2v) is 6.10. The van der Waals surface area contributed by atoms with E-state index in [9.17, 15) is 13.3 Å². The van der Waals surface area contributed by atoms with Crippen LogP contribution in [0.15, 0.2) is 18.5 Å². The normalized spacial score (nSPS) is 12.2. The summed E-state index contributed by atoms with van der Waals surface area (Å²) >= 11 is 0. The Hall–Kier alpha value is -0.636. The number of hydrogen-bond acceptors (Lipinski definition) is 5. The van der Waals surface area contributed by atoms with Crippen LogP contribution in [0.5, 0.6) is 0 Å². The summed E-state index contributed by atoms with van der Waals surface area (Å²) in [6.45, 7) is 4.48. The minimum Gasteiger partial charge on any atom is -0.369 e. The molecule has 2 aromatic rings. The smallest absolute Gasteiger partial charge is 0.369 e. The summed E-state index contributed by atoms with van der Waals surface area (Å²) in [5.41, 5.74) is 0.570. The summed E-state index contributed by atoms with van der Waals surface area (Å²) in [6, 6.07) is 0. The monoisotopic (exact) mass is 422 g/mol. The number of ether oxygens (including phenoxy) is 1. The fraction of sp³-hybridized carbons (Fsp3) is 0.364. The fourth-order valence-corrected chi connectivity index (χ4v) is 1.96. The second-order valence-electron chi connectivity index (χ2n) is 4.51. The molecule has 8 nitrogen and oxygen atoms in total. The third-order valence-corrected chi connectivity index (χ3v) is 3.18. The summed E-state index contributed by atoms with van der Waals surface area (Å²) in [5.74, 6) is 0. The van der Waals surface area contributed by atoms with Crippen molar-refractivity contribution < 1.29 is 60.6 Å². The molecular formula is C11H12F2N4O4PY-. The Balaban J connectivity index is 0.00000264. The van der Waals surface area contributed by atoms with Gasteiger partial charge in [0.1, 0.15) is 0 Å². The van der Waals surface area contributed by atoms with Crippen LogP contribution >= 0.6 is 7.60 Å². The van der Waals surface area contributed by atoms with Crippen LogP contribution in [0.1, 0.15) is 5.69 Å². The van der Waals surface area contributed by atoms with Crippen LogP contribution < -0.4 is 0 Å². The predicted molar refractivity (Wildman–Crippen MR) is 71.0 cm³/mol. The maximum atomic E-state index is 13.7. The van der Waals surface area contributed by atoms with Crippen molar-refractivity contribution in [2.45, 2.75) is 19.6 Å². The first-order chi connectivity index (χ1) is 10.1. The molecule has 1 radical (unpaired) electrons. The van der Waals surface area contributed by atoms with Crippen molar-refractivity contribution in [3.63, 3.8) is 0 Å². The van der Waals surface area contributed by atoms with E-state index in [1.54, 1.807) is 6.92 Å². The maximum Gasteiger partial charge on any atom is 0.381 e. The fourth-order valence-electron chi connectivity index (χ4n) is 1.63. The first kappa shape index (κ1) is 20.4. The second kappa shape index (κ2) is 7.50. The zero-order valence-corrected chi connectivity index (χ0v) is 15.7. The molecule has 0 bridgehead atoms. The molecule has 0 unspecified atom stereocenters. The number of aryl methyl sites for hydroxylation is 1. The molecule has 0 aliphatic rings. The summed E-state index contributed by atoms with van der Waals surface area (Å²) < 4.78 is 43.2. The molecule has 23 heavy (non-hydrogen) atoms. The van der Waals surface area contributed by atoms with E-state index in [-0.39, 0.29) is 32.7 Å². The van der Waals surface area contributed by atoms with Crippen molar-refractivity contribution >= 4 is 18.8 Å². The number of fused-ring (bicyclic) bond motifs is 1. The van der Waals surface area contributed by atoms with Gasteiger partial charge in [-0.3, -0.25) is 9.55 Å². The Morgan fingerprint density at radius 2 is 2.17 bits per heavy atom. The molecule has 0 aromatic carbocycles. The van der Waals surface area contributed by atoms with Crippen molar-refractivity contribution in [3.8, 4) is 0 Å². The average Bonchev–Trinajstić information content (AvgIpc) is 2.81. The van der Waals surface area contributed by atoms with E-state index in [1.165, 1.54) is 10.9 Å². The van der Waals surface area contributed by atoms with Crippen molar-refractivity contribution in [2.75, 3.05) is 6.35 Å². The van der Waals surface area contributed by atoms with Crippen LogP contribution in [-0.2, 0) is 48.6 Å². The van der Waals surface area contributed by atoms with Gasteiger partial charge in [0.05, 0.1) is 6.33 Å². The standard InChI is InChI=1S/C11H12F2N4O4P.Y/c1-7(11(12,13)21-6-22(18,19)20)3-17-5-16-9-8(2)14-4-15-10(9)17;/h5H,1,3,6H2,2H3,(H2,18,19,20);/q-1;. The van der Waals surface area contributed by atoms with E-state index in [2.05, 4.69) is 32.6 Å². The molecule has 0 spiro atoms. The van der Waals surface area contributed by atoms with Gasteiger partial charge < -0.3 is 29.1 Å². The van der Waals surface area contributed by atoms with Crippen LogP contribution in [0.2, 0.25) is 0 Å². The summed E-state index contributed by atoms with van der Waals surface area (Å²) in [6.07, 6.45) is -1.65. The van der Waals surface area contributed by atoms with Gasteiger partial charge in [-0.15, -0.1) is 0 Å². The first-order valence-electron chi connectivity index (χ1n) is 5.90. The molecule has 2 aromatic heterocycles. The van der Waals surface area contributed by atoms with Gasteiger partial charge in [-0.2, -0.15) is 8.78 Å². The topological polar surface area (TPSA) is 110 Å². The van der Waals surface area contributed by atoms with Crippen molar-refractivity contribution in [3.05, 3.63) is 30.5 Å². The molecule has 0 saturated carbocycles. The minimum atomic E-state index is -4.71. The molecule has 0 atom stereocenters. The van der Waals surface area contributed by atoms with E-state index in [4.69, 9.17) is 9.79 Å². The maximum absolute atomic E-state index is 13.7. The van der Waals surface area contributed by atoms with Crippen LogP contribution in [-0.4, -0.2) is 41.8 Å². The quantitative estimate of drug-likeness (QED) is 0.410. The van der Waals surface area contributed by atoms with Gasteiger partial charge in [0, 0.05) is 62.3 Å². The van der Waals surface area contributed by atoms with Gasteiger partial charge in [0.2, 0.25) is 0 Å². The van der Waals surface area contributed by atoms with Gasteiger partial charge >= 0.3 is 13.7 Å². The van der Waals surface area contributed by atoms with Crippen molar-refractivity contribution in [1.29, 1.82) is 0 Å². The number of halogens is 2. The molecule has 2 N–H and O–H groups in total. The number of hydrogen-bond donors (Lipinski definition) is 2. The summed E-state index contributed by atoms with van der Waals surface area (Å²) in [5, 5.41) is 0. The van der Waals surface area contributed by atoms with Gasteiger partial charge in [-0.1, -0.05) is 13.5 Å². The van der Waals surface area contributed by atoms with Crippen molar-refractivity contribution in [1.82, 2.24) is 19.5 Å². The molecule has 0 aliphatic carbocycles. The molecule has 0 saturated heterocycles. The molecule has 123 valence electrons. The van der Waals surface area contributed by atoms with Crippen LogP contribution in [0, 0.1) is 13.3 Å². The van der Waals surface area contributed by atoms with Gasteiger partial charge in [0.15, 0.2) is 6.35 Å². The van der Waals surface area contributed by atoms with Gasteiger partial charge in [-0.05, 0) is 5.69 Å². The Bertz CT molecular complexity index is 764. The molecule has 12 heteroatoms. The molecular weight excluding hydrogens is 410 g/mol. The first-order valence-corrected chi connectivity index (χ1v) is 7.70. The largest absolute Gasteiger partial charge is 0.381 e. The van der Waals surface area contributed by atoms with E-state index in [1.807, 2.05) is 0 Å². The third kappa shape index (κ3) is 5.17. The van der Waals surface area contributed by atoms with Crippen LogP contribution in [0.4, 0.5) is 8.78 Å². The zero-order chi connectivity index (χ0) is 16.5. The molecule has 2 rings (SSSR count). The number of nitrogens with zero attached hydrogens (tertiary/aromatic N) is 4. The average molecular weight is 422 g/mol. The Morgan fingerprint density at radius 1 is 1.52 bits per heavy atom. The van der Waals surface area contributed by atoms with Crippen molar-refractivity contribution in [2.24, 2.45) is 0 Å². The zero-order valence-electron chi connectivity index (χ0n) is 12.0. The van der Waals surface area contributed by atoms with E-state index in [0.29, 0.717) is 16.9 Å². The number of aromatic nitrogens is 4. The number of imidazole rings is 1. The Labute approximate surface area is 155 Å². The molecule has 2 heterocycles. The van der Waals surface area contributed by atoms with Crippen LogP contribution in [0.25, 0.3) is 11.2 Å². The van der Waals surface area contributed by atoms with E-state index < -0.39 is 32.2 Å². The molecule has 0 amide bonds. The molecule has 0 fully saturated rings. The van der Waals surface area contributed by atoms with E-state index in [0.717, 1.165) is 0 Å². The number of alkyl halides is 2. The third-order valence-electron chi connectivity index (χ3n) is 2.71. The molecule has 0 aliphatic heterocycles. The van der Waals surface area contributed by atoms with E-state index >= 15 is 0 Å². The SMILES string of the molecule is C=C(Cn1cnc2c(C)n[c-]nc21)C(F)(F)OCP(=O)(O)O.[Y]. The predicted octanol–water partition coefficient (Wildman–Crippen LogP) is 1.23. The van der Waals surface area contributed by atoms with Gasteiger partial charge in [-0.25, -0.2) is 0 Å². The summed E-state index contributed by atoms with van der Waals surface area (Å²) in [7, 11) is -4.71. The Kier molecular flexibility index (Phi) is 6.66. The number of rotatable bonds is 6. The van der Waals surface area contributed by atoms with Gasteiger partial charge in [0.25, 0.3) is 0 Å². The Morgan fingerprint density at radius 3 is 2.78 bits per heavy atom.